The Labute approximate surface area is 110 Å². The molecule has 3 aliphatic rings. The number of urea groups is 1. The van der Waals surface area contributed by atoms with Crippen LogP contribution in [0.3, 0.4) is 0 Å². The fourth-order valence-electron chi connectivity index (χ4n) is 2.53. The van der Waals surface area contributed by atoms with Crippen molar-refractivity contribution in [3.8, 4) is 0 Å². The van der Waals surface area contributed by atoms with Gasteiger partial charge in [0.25, 0.3) is 0 Å². The van der Waals surface area contributed by atoms with E-state index < -0.39 is 18.4 Å². The number of ether oxygens (including phenoxy) is 1. The van der Waals surface area contributed by atoms with Gasteiger partial charge in [0.1, 0.15) is 18.5 Å². The summed E-state index contributed by atoms with van der Waals surface area (Å²) in [6.07, 6.45) is 3.84. The van der Waals surface area contributed by atoms with Crippen molar-refractivity contribution in [2.75, 3.05) is 13.2 Å². The molecule has 19 heavy (non-hydrogen) atoms. The lowest BCUT2D eigenvalue weighted by Crippen LogP contribution is -2.57. The van der Waals surface area contributed by atoms with Gasteiger partial charge in [0.15, 0.2) is 0 Å². The summed E-state index contributed by atoms with van der Waals surface area (Å²) < 4.78 is 5.49. The highest BCUT2D eigenvalue weighted by molar-refractivity contribution is 5.78. The molecule has 104 valence electrons. The molecule has 2 amide bonds. The lowest BCUT2D eigenvalue weighted by molar-refractivity contribution is -0.0545. The normalized spacial score (nSPS) is 37.9. The van der Waals surface area contributed by atoms with E-state index in [9.17, 15) is 9.90 Å². The van der Waals surface area contributed by atoms with Crippen LogP contribution in [-0.2, 0) is 4.74 Å². The number of aliphatic hydroxyl groups is 2. The van der Waals surface area contributed by atoms with Crippen molar-refractivity contribution in [3.63, 3.8) is 0 Å². The van der Waals surface area contributed by atoms with Gasteiger partial charge in [-0.05, 0) is 0 Å². The fourth-order valence-corrected chi connectivity index (χ4v) is 2.53. The van der Waals surface area contributed by atoms with Crippen molar-refractivity contribution in [3.05, 3.63) is 23.9 Å². The van der Waals surface area contributed by atoms with Crippen LogP contribution in [0.2, 0.25) is 0 Å². The second kappa shape index (κ2) is 4.93. The summed E-state index contributed by atoms with van der Waals surface area (Å²) in [6, 6.07) is -0.271. The van der Waals surface area contributed by atoms with E-state index in [2.05, 4.69) is 10.6 Å². The predicted molar refractivity (Wildman–Crippen MR) is 65.8 cm³/mol. The molecule has 1 saturated heterocycles. The molecule has 7 nitrogen and oxygen atoms in total. The minimum Gasteiger partial charge on any atom is -0.394 e. The summed E-state index contributed by atoms with van der Waals surface area (Å²) in [5, 5.41) is 24.8. The summed E-state index contributed by atoms with van der Waals surface area (Å²) in [6.45, 7) is 0.460. The van der Waals surface area contributed by atoms with Crippen LogP contribution in [0.4, 0.5) is 4.79 Å². The fraction of sp³-hybridized carbons (Fsp3) is 0.583. The number of aliphatic hydroxyl groups excluding tert-OH is 2. The molecule has 0 aliphatic carbocycles. The first-order valence-corrected chi connectivity index (χ1v) is 6.34. The van der Waals surface area contributed by atoms with Gasteiger partial charge in [0, 0.05) is 24.7 Å². The maximum atomic E-state index is 12.0. The molecule has 4 atom stereocenters. The van der Waals surface area contributed by atoms with Crippen LogP contribution in [0.15, 0.2) is 23.9 Å². The highest BCUT2D eigenvalue weighted by Crippen LogP contribution is 2.26. The van der Waals surface area contributed by atoms with E-state index >= 15 is 0 Å². The van der Waals surface area contributed by atoms with E-state index in [4.69, 9.17) is 9.84 Å². The number of nitrogens with zero attached hydrogens (tertiary/aromatic N) is 1. The Morgan fingerprint density at radius 1 is 1.53 bits per heavy atom. The van der Waals surface area contributed by atoms with Gasteiger partial charge < -0.3 is 20.3 Å². The Morgan fingerprint density at radius 2 is 2.37 bits per heavy atom. The van der Waals surface area contributed by atoms with Gasteiger partial charge in [-0.2, -0.15) is 0 Å². The molecule has 0 aromatic heterocycles. The summed E-state index contributed by atoms with van der Waals surface area (Å²) in [7, 11) is 0. The van der Waals surface area contributed by atoms with Crippen molar-refractivity contribution in [2.24, 2.45) is 0 Å². The molecule has 3 heterocycles. The first kappa shape index (κ1) is 12.6. The van der Waals surface area contributed by atoms with Gasteiger partial charge in [-0.3, -0.25) is 10.2 Å². The SMILES string of the molecule is O=C1NC2NCC=CC2=CN1C1CC(O)C(CO)O1. The highest BCUT2D eigenvalue weighted by atomic mass is 16.5. The van der Waals surface area contributed by atoms with Crippen LogP contribution in [0, 0.1) is 0 Å². The van der Waals surface area contributed by atoms with E-state index in [1.54, 1.807) is 6.20 Å². The molecule has 0 saturated carbocycles. The standard InChI is InChI=1S/C12H17N3O4/c16-6-9-8(17)4-10(19-9)15-5-7-2-1-3-13-11(7)14-12(15)18/h1-2,5,8-11,13,16-17H,3-4,6H2,(H,14,18). The number of carbonyl (C=O) groups is 1. The summed E-state index contributed by atoms with van der Waals surface area (Å²) >= 11 is 0. The zero-order valence-corrected chi connectivity index (χ0v) is 10.3. The van der Waals surface area contributed by atoms with Gasteiger partial charge >= 0.3 is 6.03 Å². The molecule has 7 heteroatoms. The number of hydrogen-bond donors (Lipinski definition) is 4. The maximum absolute atomic E-state index is 12.0. The average Bonchev–Trinajstić information content (AvgIpc) is 2.79. The van der Waals surface area contributed by atoms with Crippen molar-refractivity contribution >= 4 is 6.03 Å². The molecule has 0 aromatic carbocycles. The van der Waals surface area contributed by atoms with Gasteiger partial charge in [-0.25, -0.2) is 4.79 Å². The second-order valence-corrected chi connectivity index (χ2v) is 4.84. The van der Waals surface area contributed by atoms with Gasteiger partial charge in [-0.1, -0.05) is 12.2 Å². The first-order valence-electron chi connectivity index (χ1n) is 6.34. The zero-order valence-electron chi connectivity index (χ0n) is 10.3. The third-order valence-corrected chi connectivity index (χ3v) is 3.57. The molecule has 3 rings (SSSR count). The molecule has 4 unspecified atom stereocenters. The number of fused-ring (bicyclic) bond motifs is 1. The zero-order chi connectivity index (χ0) is 13.4. The average molecular weight is 267 g/mol. The van der Waals surface area contributed by atoms with E-state index in [-0.39, 0.29) is 18.8 Å². The van der Waals surface area contributed by atoms with Crippen molar-refractivity contribution in [1.82, 2.24) is 15.5 Å². The Morgan fingerprint density at radius 3 is 3.11 bits per heavy atom. The van der Waals surface area contributed by atoms with Gasteiger partial charge in [-0.15, -0.1) is 0 Å². The molecule has 0 radical (unpaired) electrons. The summed E-state index contributed by atoms with van der Waals surface area (Å²) in [5.41, 5.74) is 0.941. The Balaban J connectivity index is 1.79. The molecule has 3 aliphatic heterocycles. The van der Waals surface area contributed by atoms with Crippen molar-refractivity contribution < 1.29 is 19.7 Å². The number of rotatable bonds is 2. The third-order valence-electron chi connectivity index (χ3n) is 3.57. The highest BCUT2D eigenvalue weighted by Gasteiger charge is 2.40. The number of carbonyl (C=O) groups excluding carboxylic acids is 1. The maximum Gasteiger partial charge on any atom is 0.325 e. The number of hydrogen-bond acceptors (Lipinski definition) is 5. The quantitative estimate of drug-likeness (QED) is 0.507. The summed E-state index contributed by atoms with van der Waals surface area (Å²) in [4.78, 5) is 13.5. The topological polar surface area (TPSA) is 94.1 Å². The third kappa shape index (κ3) is 2.25. The van der Waals surface area contributed by atoms with Crippen molar-refractivity contribution in [2.45, 2.75) is 31.0 Å². The Hall–Kier alpha value is -1.41. The van der Waals surface area contributed by atoms with Crippen LogP contribution >= 0.6 is 0 Å². The molecular weight excluding hydrogens is 250 g/mol. The minimum absolute atomic E-state index is 0.172. The second-order valence-electron chi connectivity index (χ2n) is 4.84. The van der Waals surface area contributed by atoms with E-state index in [0.717, 1.165) is 5.57 Å². The Bertz CT molecular complexity index is 437. The van der Waals surface area contributed by atoms with Crippen LogP contribution in [-0.4, -0.2) is 58.9 Å². The predicted octanol–water partition coefficient (Wildman–Crippen LogP) is -1.15. The van der Waals surface area contributed by atoms with Crippen LogP contribution in [0.25, 0.3) is 0 Å². The molecule has 0 bridgehead atoms. The van der Waals surface area contributed by atoms with E-state index in [1.807, 2.05) is 12.2 Å². The van der Waals surface area contributed by atoms with Crippen LogP contribution in [0.5, 0.6) is 0 Å². The smallest absolute Gasteiger partial charge is 0.325 e. The first-order chi connectivity index (χ1) is 9.19. The molecule has 4 N–H and O–H groups in total. The Kier molecular flexibility index (Phi) is 3.28. The minimum atomic E-state index is -0.751. The molecule has 1 fully saturated rings. The number of nitrogens with one attached hydrogen (secondary N) is 2. The van der Waals surface area contributed by atoms with E-state index in [0.29, 0.717) is 13.0 Å². The van der Waals surface area contributed by atoms with E-state index in [1.165, 1.54) is 4.90 Å². The molecule has 0 spiro atoms. The van der Waals surface area contributed by atoms with Gasteiger partial charge in [0.05, 0.1) is 12.7 Å². The van der Waals surface area contributed by atoms with Gasteiger partial charge in [0.2, 0.25) is 0 Å². The lowest BCUT2D eigenvalue weighted by Gasteiger charge is -2.35. The monoisotopic (exact) mass is 267 g/mol. The molecule has 0 aromatic rings. The largest absolute Gasteiger partial charge is 0.394 e. The van der Waals surface area contributed by atoms with Crippen LogP contribution < -0.4 is 10.6 Å². The van der Waals surface area contributed by atoms with Crippen LogP contribution in [0.1, 0.15) is 6.42 Å². The van der Waals surface area contributed by atoms with Crippen molar-refractivity contribution in [1.29, 1.82) is 0 Å². The molecular formula is C12H17N3O4. The summed E-state index contributed by atoms with van der Waals surface area (Å²) in [5.74, 6) is 0. The number of amides is 2. The lowest BCUT2D eigenvalue weighted by atomic mass is 10.1.